The van der Waals surface area contributed by atoms with Crippen LogP contribution in [0.2, 0.25) is 0 Å². The van der Waals surface area contributed by atoms with Crippen molar-refractivity contribution in [1.82, 2.24) is 19.7 Å². The number of hydrogen-bond donors (Lipinski definition) is 2. The molecule has 0 radical (unpaired) electrons. The summed E-state index contributed by atoms with van der Waals surface area (Å²) < 4.78 is 22.4. The van der Waals surface area contributed by atoms with Gasteiger partial charge in [0.15, 0.2) is 11.6 Å². The number of carbonyl (C=O) groups is 1. The van der Waals surface area contributed by atoms with Crippen LogP contribution in [0.5, 0.6) is 11.5 Å². The molecule has 9 heteroatoms. The number of carboxylic acid groups (broad SMARTS) is 1. The van der Waals surface area contributed by atoms with Crippen LogP contribution in [0, 0.1) is 19.7 Å². The van der Waals surface area contributed by atoms with E-state index in [4.69, 9.17) is 4.74 Å². The third-order valence-electron chi connectivity index (χ3n) is 5.43. The number of carboxylic acids is 1. The quantitative estimate of drug-likeness (QED) is 0.324. The van der Waals surface area contributed by atoms with Crippen molar-refractivity contribution in [2.75, 3.05) is 5.32 Å². The predicted molar refractivity (Wildman–Crippen MR) is 129 cm³/mol. The first-order valence-electron chi connectivity index (χ1n) is 10.7. The van der Waals surface area contributed by atoms with E-state index in [2.05, 4.69) is 20.4 Å². The smallest absolute Gasteiger partial charge is 0.338 e. The summed E-state index contributed by atoms with van der Waals surface area (Å²) in [4.78, 5) is 20.3. The molecule has 174 valence electrons. The van der Waals surface area contributed by atoms with E-state index in [-0.39, 0.29) is 17.3 Å². The Balaban J connectivity index is 1.66. The molecule has 0 spiro atoms. The van der Waals surface area contributed by atoms with Crippen LogP contribution >= 0.6 is 0 Å². The van der Waals surface area contributed by atoms with Crippen LogP contribution in [-0.2, 0) is 0 Å². The molecule has 0 aliphatic rings. The van der Waals surface area contributed by atoms with Gasteiger partial charge in [-0.15, -0.1) is 0 Å². The van der Waals surface area contributed by atoms with E-state index < -0.39 is 11.8 Å². The summed E-state index contributed by atoms with van der Waals surface area (Å²) in [6, 6.07) is 17.9. The van der Waals surface area contributed by atoms with Gasteiger partial charge in [-0.3, -0.25) is 0 Å². The molecular formula is C26H20FN5O3. The molecular weight excluding hydrogens is 449 g/mol. The highest BCUT2D eigenvalue weighted by Gasteiger charge is 2.17. The van der Waals surface area contributed by atoms with E-state index >= 15 is 4.39 Å². The van der Waals surface area contributed by atoms with Crippen molar-refractivity contribution in [2.45, 2.75) is 13.8 Å². The van der Waals surface area contributed by atoms with Gasteiger partial charge in [-0.05, 0) is 43.2 Å². The van der Waals surface area contributed by atoms with Crippen molar-refractivity contribution >= 4 is 28.4 Å². The minimum atomic E-state index is -1.13. The fraction of sp³-hybridized carbons (Fsp3) is 0.0769. The first-order chi connectivity index (χ1) is 16.9. The second kappa shape index (κ2) is 8.86. The number of aromatic carboxylic acids is 1. The summed E-state index contributed by atoms with van der Waals surface area (Å²) in [5.74, 6) is -0.629. The van der Waals surface area contributed by atoms with Crippen molar-refractivity contribution in [3.05, 3.63) is 95.6 Å². The normalized spacial score (nSPS) is 10.9. The van der Waals surface area contributed by atoms with Gasteiger partial charge in [-0.2, -0.15) is 10.1 Å². The first-order valence-corrected chi connectivity index (χ1v) is 10.7. The molecule has 0 saturated heterocycles. The average molecular weight is 469 g/mol. The molecule has 2 heterocycles. The van der Waals surface area contributed by atoms with Gasteiger partial charge in [-0.25, -0.2) is 18.9 Å². The van der Waals surface area contributed by atoms with Crippen molar-refractivity contribution < 1.29 is 19.0 Å². The van der Waals surface area contributed by atoms with Crippen LogP contribution in [0.1, 0.15) is 21.5 Å². The van der Waals surface area contributed by atoms with E-state index in [9.17, 15) is 9.90 Å². The number of aromatic nitrogens is 4. The number of nitrogens with zero attached hydrogens (tertiary/aromatic N) is 4. The van der Waals surface area contributed by atoms with Crippen molar-refractivity contribution in [2.24, 2.45) is 0 Å². The molecule has 3 aromatic carbocycles. The zero-order valence-electron chi connectivity index (χ0n) is 18.9. The number of nitrogens with one attached hydrogen (secondary N) is 1. The Kier molecular flexibility index (Phi) is 5.58. The molecule has 0 amide bonds. The zero-order valence-corrected chi connectivity index (χ0v) is 18.9. The van der Waals surface area contributed by atoms with Crippen LogP contribution in [0.15, 0.2) is 73.1 Å². The van der Waals surface area contributed by atoms with Crippen molar-refractivity contribution in [3.8, 4) is 17.4 Å². The van der Waals surface area contributed by atoms with Crippen LogP contribution in [0.3, 0.4) is 0 Å². The molecule has 0 saturated carbocycles. The predicted octanol–water partition coefficient (Wildman–Crippen LogP) is 5.81. The molecule has 0 bridgehead atoms. The molecule has 2 aromatic heterocycles. The zero-order chi connectivity index (χ0) is 24.5. The average Bonchev–Trinajstić information content (AvgIpc) is 3.33. The number of halogens is 1. The Labute approximate surface area is 199 Å². The van der Waals surface area contributed by atoms with E-state index in [0.717, 1.165) is 16.8 Å². The lowest BCUT2D eigenvalue weighted by Gasteiger charge is -2.15. The summed E-state index contributed by atoms with van der Waals surface area (Å²) in [6.07, 6.45) is 2.49. The van der Waals surface area contributed by atoms with Gasteiger partial charge >= 0.3 is 5.97 Å². The van der Waals surface area contributed by atoms with E-state index in [0.29, 0.717) is 22.5 Å². The van der Waals surface area contributed by atoms with Gasteiger partial charge in [0, 0.05) is 23.3 Å². The minimum absolute atomic E-state index is 0.0187. The van der Waals surface area contributed by atoms with E-state index in [1.165, 1.54) is 23.1 Å². The lowest BCUT2D eigenvalue weighted by molar-refractivity contribution is 0.0697. The monoisotopic (exact) mass is 469 g/mol. The standard InChI is InChI=1S/C26H20FN5O3/c1-15-7-6-8-16(2)23(15)35-22-11-19-21(12-20(22)27)30-26(32-14-17(13-28-32)25(33)34)31-24(19)29-18-9-4-3-5-10-18/h3-14H,1-2H3,(H,33,34)(H,29,30,31). The Morgan fingerprint density at radius 1 is 1.03 bits per heavy atom. The maximum atomic E-state index is 15.2. The Bertz CT molecular complexity index is 1550. The molecule has 5 rings (SSSR count). The molecule has 0 aliphatic heterocycles. The molecule has 35 heavy (non-hydrogen) atoms. The molecule has 0 unspecified atom stereocenters. The summed E-state index contributed by atoms with van der Waals surface area (Å²) in [7, 11) is 0. The summed E-state index contributed by atoms with van der Waals surface area (Å²) in [5, 5.41) is 17.0. The molecule has 2 N–H and O–H groups in total. The molecule has 5 aromatic rings. The number of hydrogen-bond acceptors (Lipinski definition) is 6. The van der Waals surface area contributed by atoms with Gasteiger partial charge < -0.3 is 15.2 Å². The van der Waals surface area contributed by atoms with E-state index in [1.54, 1.807) is 6.07 Å². The number of aryl methyl sites for hydroxylation is 2. The Morgan fingerprint density at radius 3 is 2.46 bits per heavy atom. The highest BCUT2D eigenvalue weighted by atomic mass is 19.1. The highest BCUT2D eigenvalue weighted by Crippen LogP contribution is 2.35. The maximum absolute atomic E-state index is 15.2. The third kappa shape index (κ3) is 4.39. The molecule has 0 fully saturated rings. The minimum Gasteiger partial charge on any atom is -0.478 e. The van der Waals surface area contributed by atoms with Crippen LogP contribution < -0.4 is 10.1 Å². The summed E-state index contributed by atoms with van der Waals surface area (Å²) in [6.45, 7) is 3.79. The van der Waals surface area contributed by atoms with Gasteiger partial charge in [-0.1, -0.05) is 36.4 Å². The first kappa shape index (κ1) is 22.0. The second-order valence-electron chi connectivity index (χ2n) is 7.96. The fourth-order valence-corrected chi connectivity index (χ4v) is 3.66. The second-order valence-corrected chi connectivity index (χ2v) is 7.96. The van der Waals surface area contributed by atoms with Crippen LogP contribution in [0.4, 0.5) is 15.9 Å². The number of rotatable bonds is 6. The number of fused-ring (bicyclic) bond motifs is 1. The molecule has 0 atom stereocenters. The SMILES string of the molecule is Cc1cccc(C)c1Oc1cc2c(Nc3ccccc3)nc(-n3cc(C(=O)O)cn3)nc2cc1F. The fourth-order valence-electron chi connectivity index (χ4n) is 3.66. The molecule has 0 aliphatic carbocycles. The van der Waals surface area contributed by atoms with Gasteiger partial charge in [0.1, 0.15) is 11.6 Å². The number of ether oxygens (including phenoxy) is 1. The number of para-hydroxylation sites is 2. The maximum Gasteiger partial charge on any atom is 0.338 e. The highest BCUT2D eigenvalue weighted by molar-refractivity contribution is 5.92. The summed E-state index contributed by atoms with van der Waals surface area (Å²) >= 11 is 0. The topological polar surface area (TPSA) is 102 Å². The number of benzene rings is 3. The van der Waals surface area contributed by atoms with Crippen LogP contribution in [0.25, 0.3) is 16.9 Å². The van der Waals surface area contributed by atoms with Crippen molar-refractivity contribution in [3.63, 3.8) is 0 Å². The Hall–Kier alpha value is -4.79. The van der Waals surface area contributed by atoms with Gasteiger partial charge in [0.05, 0.1) is 17.3 Å². The van der Waals surface area contributed by atoms with Crippen LogP contribution in [-0.4, -0.2) is 30.8 Å². The third-order valence-corrected chi connectivity index (χ3v) is 5.43. The lowest BCUT2D eigenvalue weighted by Crippen LogP contribution is -2.06. The van der Waals surface area contributed by atoms with Gasteiger partial charge in [0.25, 0.3) is 5.95 Å². The number of anilines is 2. The van der Waals surface area contributed by atoms with E-state index in [1.807, 2.05) is 62.4 Å². The largest absolute Gasteiger partial charge is 0.478 e. The van der Waals surface area contributed by atoms with Crippen molar-refractivity contribution in [1.29, 1.82) is 0 Å². The lowest BCUT2D eigenvalue weighted by atomic mass is 10.1. The molecule has 8 nitrogen and oxygen atoms in total. The Morgan fingerprint density at radius 2 is 1.77 bits per heavy atom. The van der Waals surface area contributed by atoms with Gasteiger partial charge in [0.2, 0.25) is 0 Å². The summed E-state index contributed by atoms with van der Waals surface area (Å²) in [5.41, 5.74) is 2.80.